The fourth-order valence-electron chi connectivity index (χ4n) is 0.837. The average Bonchev–Trinajstić information content (AvgIpc) is 2.30. The monoisotopic (exact) mass is 213 g/mol. The van der Waals surface area contributed by atoms with Crippen LogP contribution < -0.4 is 0 Å². The Bertz CT molecular complexity index is 295. The summed E-state index contributed by atoms with van der Waals surface area (Å²) in [5.41, 5.74) is 0.583. The van der Waals surface area contributed by atoms with Crippen LogP contribution in [-0.2, 0) is 0 Å². The van der Waals surface area contributed by atoms with Crippen molar-refractivity contribution >= 4 is 15.9 Å². The van der Waals surface area contributed by atoms with E-state index in [2.05, 4.69) is 27.1 Å². The molecule has 1 aromatic rings. The van der Waals surface area contributed by atoms with Crippen LogP contribution in [0.3, 0.4) is 0 Å². The van der Waals surface area contributed by atoms with Gasteiger partial charge >= 0.3 is 0 Å². The Kier molecular flexibility index (Phi) is 2.30. The number of aromatic nitrogens is 2. The molecule has 0 radical (unpaired) electrons. The molecule has 0 fully saturated rings. The van der Waals surface area contributed by atoms with Gasteiger partial charge in [0.05, 0.1) is 10.7 Å². The second-order valence-corrected chi connectivity index (χ2v) is 3.35. The first-order valence-corrected chi connectivity index (χ1v) is 4.09. The zero-order chi connectivity index (χ0) is 8.43. The van der Waals surface area contributed by atoms with Crippen LogP contribution in [0.2, 0.25) is 0 Å². The molecule has 0 unspecified atom stereocenters. The molecule has 4 heteroatoms. The fourth-order valence-corrected chi connectivity index (χ4v) is 1.20. The molecule has 0 bridgehead atoms. The lowest BCUT2D eigenvalue weighted by Gasteiger charge is -2.05. The van der Waals surface area contributed by atoms with Gasteiger partial charge in [0, 0.05) is 6.04 Å². The third-order valence-corrected chi connectivity index (χ3v) is 1.93. The zero-order valence-corrected chi connectivity index (χ0v) is 7.96. The Morgan fingerprint density at radius 1 is 1.73 bits per heavy atom. The first kappa shape index (κ1) is 8.28. The number of hydrogen-bond acceptors (Lipinski definition) is 2. The van der Waals surface area contributed by atoms with E-state index in [-0.39, 0.29) is 6.04 Å². The Labute approximate surface area is 73.8 Å². The molecule has 0 aromatic carbocycles. The van der Waals surface area contributed by atoms with E-state index in [0.717, 1.165) is 4.47 Å². The lowest BCUT2D eigenvalue weighted by molar-refractivity contribution is 0.526. The van der Waals surface area contributed by atoms with Crippen LogP contribution in [0.5, 0.6) is 0 Å². The van der Waals surface area contributed by atoms with Crippen molar-refractivity contribution in [3.63, 3.8) is 0 Å². The molecule has 0 saturated heterocycles. The van der Waals surface area contributed by atoms with Gasteiger partial charge in [0.2, 0.25) is 0 Å². The van der Waals surface area contributed by atoms with Crippen LogP contribution in [0.25, 0.3) is 0 Å². The van der Waals surface area contributed by atoms with Gasteiger partial charge in [-0.2, -0.15) is 10.4 Å². The maximum absolute atomic E-state index is 8.70. The third kappa shape index (κ3) is 1.43. The molecule has 0 N–H and O–H groups in total. The largest absolute Gasteiger partial charge is 0.251 e. The zero-order valence-electron chi connectivity index (χ0n) is 6.37. The van der Waals surface area contributed by atoms with E-state index in [9.17, 15) is 0 Å². The number of hydrogen-bond donors (Lipinski definition) is 0. The normalized spacial score (nSPS) is 10.1. The Balaban J connectivity index is 3.19. The Hall–Kier alpha value is -0.820. The number of halogens is 1. The summed E-state index contributed by atoms with van der Waals surface area (Å²) in [5.74, 6) is 0. The summed E-state index contributed by atoms with van der Waals surface area (Å²) in [6.07, 6.45) is 1.64. The van der Waals surface area contributed by atoms with E-state index in [1.54, 1.807) is 10.9 Å². The second kappa shape index (κ2) is 3.05. The van der Waals surface area contributed by atoms with E-state index >= 15 is 0 Å². The third-order valence-electron chi connectivity index (χ3n) is 1.35. The summed E-state index contributed by atoms with van der Waals surface area (Å²) < 4.78 is 2.44. The quantitative estimate of drug-likeness (QED) is 0.718. The van der Waals surface area contributed by atoms with E-state index in [1.165, 1.54) is 0 Å². The molecule has 1 heterocycles. The predicted molar refractivity (Wildman–Crippen MR) is 45.0 cm³/mol. The molecule has 1 aromatic heterocycles. The van der Waals surface area contributed by atoms with Gasteiger partial charge in [-0.1, -0.05) is 0 Å². The van der Waals surface area contributed by atoms with Crippen LogP contribution in [0.1, 0.15) is 25.6 Å². The molecular weight excluding hydrogens is 206 g/mol. The lowest BCUT2D eigenvalue weighted by Crippen LogP contribution is -2.04. The fraction of sp³-hybridized carbons (Fsp3) is 0.429. The standard InChI is InChI=1S/C7H8BrN3/c1-5(2)11-7(3-9)6(8)4-10-11/h4-5H,1-2H3. The number of nitrogens with zero attached hydrogens (tertiary/aromatic N) is 3. The van der Waals surface area contributed by atoms with Crippen LogP contribution in [0, 0.1) is 11.3 Å². The van der Waals surface area contributed by atoms with Crippen molar-refractivity contribution in [2.75, 3.05) is 0 Å². The minimum Gasteiger partial charge on any atom is -0.251 e. The molecule has 0 atom stereocenters. The topological polar surface area (TPSA) is 41.6 Å². The van der Waals surface area contributed by atoms with Gasteiger partial charge < -0.3 is 0 Å². The maximum atomic E-state index is 8.70. The summed E-state index contributed by atoms with van der Waals surface area (Å²) in [7, 11) is 0. The number of rotatable bonds is 1. The molecule has 1 rings (SSSR count). The SMILES string of the molecule is CC(C)n1ncc(Br)c1C#N. The minimum absolute atomic E-state index is 0.232. The van der Waals surface area contributed by atoms with Crippen LogP contribution >= 0.6 is 15.9 Å². The summed E-state index contributed by atoms with van der Waals surface area (Å²) in [6.45, 7) is 3.97. The molecular formula is C7H8BrN3. The van der Waals surface area contributed by atoms with Crippen LogP contribution in [0.4, 0.5) is 0 Å². The van der Waals surface area contributed by atoms with Crippen molar-refractivity contribution in [3.8, 4) is 6.07 Å². The number of nitriles is 1. The molecule has 0 saturated carbocycles. The highest BCUT2D eigenvalue weighted by Gasteiger charge is 2.09. The highest BCUT2D eigenvalue weighted by Crippen LogP contribution is 2.17. The molecule has 0 spiro atoms. The Morgan fingerprint density at radius 3 is 2.73 bits per heavy atom. The van der Waals surface area contributed by atoms with Crippen molar-refractivity contribution < 1.29 is 0 Å². The van der Waals surface area contributed by atoms with Crippen molar-refractivity contribution in [2.45, 2.75) is 19.9 Å². The summed E-state index contributed by atoms with van der Waals surface area (Å²) in [4.78, 5) is 0. The van der Waals surface area contributed by atoms with Crippen molar-refractivity contribution in [1.29, 1.82) is 5.26 Å². The molecule has 58 valence electrons. The van der Waals surface area contributed by atoms with E-state index in [4.69, 9.17) is 5.26 Å². The van der Waals surface area contributed by atoms with Gasteiger partial charge in [0.1, 0.15) is 6.07 Å². The average molecular weight is 214 g/mol. The second-order valence-electron chi connectivity index (χ2n) is 2.49. The smallest absolute Gasteiger partial charge is 0.153 e. The first-order valence-electron chi connectivity index (χ1n) is 3.30. The molecule has 11 heavy (non-hydrogen) atoms. The van der Waals surface area contributed by atoms with Gasteiger partial charge in [-0.05, 0) is 29.8 Å². The lowest BCUT2D eigenvalue weighted by atomic mass is 10.4. The molecule has 0 amide bonds. The molecule has 0 aliphatic heterocycles. The Morgan fingerprint density at radius 2 is 2.36 bits per heavy atom. The van der Waals surface area contributed by atoms with Crippen molar-refractivity contribution in [2.24, 2.45) is 0 Å². The van der Waals surface area contributed by atoms with Gasteiger partial charge in [0.15, 0.2) is 5.69 Å². The van der Waals surface area contributed by atoms with Gasteiger partial charge in [-0.3, -0.25) is 4.68 Å². The molecule has 0 aliphatic carbocycles. The van der Waals surface area contributed by atoms with Gasteiger partial charge in [-0.25, -0.2) is 0 Å². The highest BCUT2D eigenvalue weighted by atomic mass is 79.9. The van der Waals surface area contributed by atoms with Gasteiger partial charge in [-0.15, -0.1) is 0 Å². The predicted octanol–water partition coefficient (Wildman–Crippen LogP) is 2.10. The minimum atomic E-state index is 0.232. The first-order chi connectivity index (χ1) is 5.16. The van der Waals surface area contributed by atoms with Crippen molar-refractivity contribution in [1.82, 2.24) is 9.78 Å². The summed E-state index contributed by atoms with van der Waals surface area (Å²) >= 11 is 3.24. The van der Waals surface area contributed by atoms with E-state index in [1.807, 2.05) is 13.8 Å². The van der Waals surface area contributed by atoms with E-state index in [0.29, 0.717) is 5.69 Å². The summed E-state index contributed by atoms with van der Waals surface area (Å²) in [6, 6.07) is 2.31. The van der Waals surface area contributed by atoms with Crippen LogP contribution in [-0.4, -0.2) is 9.78 Å². The summed E-state index contributed by atoms with van der Waals surface area (Å²) in [5, 5.41) is 12.7. The van der Waals surface area contributed by atoms with Crippen molar-refractivity contribution in [3.05, 3.63) is 16.4 Å². The van der Waals surface area contributed by atoms with Crippen LogP contribution in [0.15, 0.2) is 10.7 Å². The molecule has 0 aliphatic rings. The molecule has 3 nitrogen and oxygen atoms in total. The van der Waals surface area contributed by atoms with E-state index < -0.39 is 0 Å². The highest BCUT2D eigenvalue weighted by molar-refractivity contribution is 9.10. The van der Waals surface area contributed by atoms with Gasteiger partial charge in [0.25, 0.3) is 0 Å². The maximum Gasteiger partial charge on any atom is 0.153 e.